The third kappa shape index (κ3) is 4.53. The molecule has 3 atom stereocenters. The first-order chi connectivity index (χ1) is 13.1. The van der Waals surface area contributed by atoms with Crippen molar-refractivity contribution in [2.75, 3.05) is 6.26 Å². The van der Waals surface area contributed by atoms with Gasteiger partial charge in [0.2, 0.25) is 10.0 Å². The predicted molar refractivity (Wildman–Crippen MR) is 101 cm³/mol. The number of rotatable bonds is 6. The number of carboxylic acids is 1. The number of nitrogens with zero attached hydrogens (tertiary/aromatic N) is 2. The molecule has 0 radical (unpaired) electrons. The second-order valence-electron chi connectivity index (χ2n) is 7.57. The van der Waals surface area contributed by atoms with Crippen LogP contribution in [0.15, 0.2) is 36.7 Å². The van der Waals surface area contributed by atoms with Gasteiger partial charge in [-0.25, -0.2) is 27.5 Å². The molecule has 3 rings (SSSR count). The zero-order valence-electron chi connectivity index (χ0n) is 15.6. The summed E-state index contributed by atoms with van der Waals surface area (Å²) < 4.78 is 38.8. The van der Waals surface area contributed by atoms with E-state index in [2.05, 4.69) is 14.7 Å². The number of benzene rings is 1. The molecule has 0 unspecified atom stereocenters. The fraction of sp³-hybridized carbons (Fsp3) is 0.421. The standard InChI is InChI=1S/C19H22FN3O4S/c1-12-7-19(18(24)25,9-16(12)23-28(2,26)27)8-13-4-3-5-14(6-13)17-21-10-15(20)11-22-17/h3-6,10-12,16,23H,7-9H2,1-2H3,(H,24,25)/t12-,16-,19-/m1/s1. The first kappa shape index (κ1) is 20.3. The first-order valence-corrected chi connectivity index (χ1v) is 10.7. The molecule has 9 heteroatoms. The van der Waals surface area contributed by atoms with Gasteiger partial charge in [-0.1, -0.05) is 25.1 Å². The van der Waals surface area contributed by atoms with Gasteiger partial charge in [0.15, 0.2) is 11.6 Å². The van der Waals surface area contributed by atoms with Gasteiger partial charge in [-0.2, -0.15) is 0 Å². The van der Waals surface area contributed by atoms with Gasteiger partial charge in [-0.15, -0.1) is 0 Å². The molecule has 1 aliphatic carbocycles. The molecule has 2 N–H and O–H groups in total. The second-order valence-corrected chi connectivity index (χ2v) is 9.35. The van der Waals surface area contributed by atoms with E-state index in [0.717, 1.165) is 24.2 Å². The summed E-state index contributed by atoms with van der Waals surface area (Å²) in [6, 6.07) is 6.74. The molecule has 1 aliphatic rings. The van der Waals surface area contributed by atoms with Crippen LogP contribution in [0.3, 0.4) is 0 Å². The molecule has 28 heavy (non-hydrogen) atoms. The number of aromatic nitrogens is 2. The summed E-state index contributed by atoms with van der Waals surface area (Å²) in [6.45, 7) is 1.86. The maximum absolute atomic E-state index is 13.0. The molecule has 1 heterocycles. The zero-order chi connectivity index (χ0) is 20.5. The Bertz CT molecular complexity index is 981. The molecular formula is C19H22FN3O4S. The van der Waals surface area contributed by atoms with Crippen molar-refractivity contribution in [3.63, 3.8) is 0 Å². The third-order valence-corrected chi connectivity index (χ3v) is 5.91. The second kappa shape index (κ2) is 7.56. The molecule has 1 saturated carbocycles. The smallest absolute Gasteiger partial charge is 0.310 e. The maximum atomic E-state index is 13.0. The molecule has 1 aromatic heterocycles. The number of nitrogens with one attached hydrogen (secondary N) is 1. The van der Waals surface area contributed by atoms with Gasteiger partial charge in [0.25, 0.3) is 0 Å². The highest BCUT2D eigenvalue weighted by molar-refractivity contribution is 7.88. The van der Waals surface area contributed by atoms with E-state index in [1.165, 1.54) is 0 Å². The van der Waals surface area contributed by atoms with Crippen molar-refractivity contribution in [1.82, 2.24) is 14.7 Å². The van der Waals surface area contributed by atoms with Crippen LogP contribution < -0.4 is 4.72 Å². The number of hydrogen-bond acceptors (Lipinski definition) is 5. The SMILES string of the molecule is C[C@@H]1C[C@](Cc2cccc(-c3ncc(F)cn3)c2)(C(=O)O)C[C@H]1NS(C)(=O)=O. The Morgan fingerprint density at radius 1 is 1.32 bits per heavy atom. The van der Waals surface area contributed by atoms with Crippen LogP contribution in [0.4, 0.5) is 4.39 Å². The quantitative estimate of drug-likeness (QED) is 0.760. The maximum Gasteiger partial charge on any atom is 0.310 e. The van der Waals surface area contributed by atoms with E-state index >= 15 is 0 Å². The summed E-state index contributed by atoms with van der Waals surface area (Å²) in [5.74, 6) is -1.23. The number of carboxylic acid groups (broad SMARTS) is 1. The summed E-state index contributed by atoms with van der Waals surface area (Å²) in [7, 11) is -3.43. The minimum absolute atomic E-state index is 0.102. The Kier molecular flexibility index (Phi) is 5.49. The summed E-state index contributed by atoms with van der Waals surface area (Å²) in [5.41, 5.74) is 0.374. The van der Waals surface area contributed by atoms with Crippen LogP contribution in [0.5, 0.6) is 0 Å². The Labute approximate surface area is 163 Å². The Hall–Kier alpha value is -2.39. The van der Waals surface area contributed by atoms with E-state index in [1.54, 1.807) is 18.2 Å². The Morgan fingerprint density at radius 3 is 2.61 bits per heavy atom. The van der Waals surface area contributed by atoms with Crippen molar-refractivity contribution in [3.8, 4) is 11.4 Å². The van der Waals surface area contributed by atoms with Crippen molar-refractivity contribution in [1.29, 1.82) is 0 Å². The van der Waals surface area contributed by atoms with Crippen molar-refractivity contribution in [3.05, 3.63) is 48.0 Å². The highest BCUT2D eigenvalue weighted by Crippen LogP contribution is 2.45. The number of aliphatic carboxylic acids is 1. The summed E-state index contributed by atoms with van der Waals surface area (Å²) in [4.78, 5) is 20.1. The summed E-state index contributed by atoms with van der Waals surface area (Å²) in [5, 5.41) is 9.93. The van der Waals surface area contributed by atoms with Crippen LogP contribution in [0, 0.1) is 17.2 Å². The van der Waals surface area contributed by atoms with Crippen LogP contribution in [0.2, 0.25) is 0 Å². The van der Waals surface area contributed by atoms with Crippen LogP contribution in [0.25, 0.3) is 11.4 Å². The summed E-state index contributed by atoms with van der Waals surface area (Å²) >= 11 is 0. The molecule has 0 amide bonds. The van der Waals surface area contributed by atoms with E-state index in [9.17, 15) is 22.7 Å². The van der Waals surface area contributed by atoms with E-state index in [0.29, 0.717) is 17.8 Å². The van der Waals surface area contributed by atoms with Crippen LogP contribution in [-0.4, -0.2) is 41.8 Å². The van der Waals surface area contributed by atoms with E-state index in [-0.39, 0.29) is 18.8 Å². The largest absolute Gasteiger partial charge is 0.481 e. The number of halogens is 1. The minimum atomic E-state index is -3.43. The first-order valence-electron chi connectivity index (χ1n) is 8.85. The summed E-state index contributed by atoms with van der Waals surface area (Å²) in [6.07, 6.45) is 4.07. The van der Waals surface area contributed by atoms with Crippen molar-refractivity contribution >= 4 is 16.0 Å². The van der Waals surface area contributed by atoms with Gasteiger partial charge in [0.1, 0.15) is 0 Å². The zero-order valence-corrected chi connectivity index (χ0v) is 16.4. The molecule has 2 aromatic rings. The fourth-order valence-corrected chi connectivity index (χ4v) is 4.83. The molecular weight excluding hydrogens is 385 g/mol. The average Bonchev–Trinajstić information content (AvgIpc) is 2.90. The Balaban J connectivity index is 1.87. The van der Waals surface area contributed by atoms with Gasteiger partial charge in [0, 0.05) is 11.6 Å². The van der Waals surface area contributed by atoms with E-state index < -0.39 is 33.3 Å². The number of carbonyl (C=O) groups is 1. The van der Waals surface area contributed by atoms with Crippen molar-refractivity contribution < 1.29 is 22.7 Å². The highest BCUT2D eigenvalue weighted by atomic mass is 32.2. The lowest BCUT2D eigenvalue weighted by Gasteiger charge is -2.25. The van der Waals surface area contributed by atoms with E-state index in [4.69, 9.17) is 0 Å². The molecule has 150 valence electrons. The Morgan fingerprint density at radius 2 is 2.00 bits per heavy atom. The van der Waals surface area contributed by atoms with Crippen molar-refractivity contribution in [2.24, 2.45) is 11.3 Å². The molecule has 7 nitrogen and oxygen atoms in total. The lowest BCUT2D eigenvalue weighted by molar-refractivity contribution is -0.148. The van der Waals surface area contributed by atoms with Gasteiger partial charge in [-0.3, -0.25) is 4.79 Å². The van der Waals surface area contributed by atoms with Crippen LogP contribution in [-0.2, 0) is 21.2 Å². The molecule has 1 aromatic carbocycles. The van der Waals surface area contributed by atoms with Gasteiger partial charge in [-0.05, 0) is 36.8 Å². The minimum Gasteiger partial charge on any atom is -0.481 e. The number of sulfonamides is 1. The molecule has 0 spiro atoms. The average molecular weight is 407 g/mol. The van der Waals surface area contributed by atoms with Gasteiger partial charge >= 0.3 is 5.97 Å². The molecule has 0 bridgehead atoms. The monoisotopic (exact) mass is 407 g/mol. The lowest BCUT2D eigenvalue weighted by Crippen LogP contribution is -2.37. The van der Waals surface area contributed by atoms with Gasteiger partial charge in [0.05, 0.1) is 24.1 Å². The van der Waals surface area contributed by atoms with Crippen molar-refractivity contribution in [2.45, 2.75) is 32.2 Å². The third-order valence-electron chi connectivity index (χ3n) is 5.18. The predicted octanol–water partition coefficient (Wildman–Crippen LogP) is 2.24. The highest BCUT2D eigenvalue weighted by Gasteiger charge is 2.49. The fourth-order valence-electron chi connectivity index (χ4n) is 3.96. The van der Waals surface area contributed by atoms with Crippen LogP contribution >= 0.6 is 0 Å². The van der Waals surface area contributed by atoms with E-state index in [1.807, 2.05) is 13.0 Å². The molecule has 1 fully saturated rings. The normalized spacial score (nSPS) is 25.0. The topological polar surface area (TPSA) is 109 Å². The van der Waals surface area contributed by atoms with Gasteiger partial charge < -0.3 is 5.11 Å². The molecule has 0 aliphatic heterocycles. The number of hydrogen-bond donors (Lipinski definition) is 2. The molecule has 0 saturated heterocycles. The van der Waals surface area contributed by atoms with Crippen LogP contribution in [0.1, 0.15) is 25.3 Å². The lowest BCUT2D eigenvalue weighted by atomic mass is 9.79.